The number of thiazole rings is 1. The van der Waals surface area contributed by atoms with Gasteiger partial charge in [-0.1, -0.05) is 13.8 Å². The van der Waals surface area contributed by atoms with E-state index in [2.05, 4.69) is 36.0 Å². The highest BCUT2D eigenvalue weighted by Gasteiger charge is 2.27. The van der Waals surface area contributed by atoms with E-state index < -0.39 is 0 Å². The lowest BCUT2D eigenvalue weighted by atomic mass is 10.2. The van der Waals surface area contributed by atoms with Gasteiger partial charge in [0.05, 0.1) is 6.04 Å². The summed E-state index contributed by atoms with van der Waals surface area (Å²) in [6.07, 6.45) is 4.41. The molecule has 1 fully saturated rings. The van der Waals surface area contributed by atoms with Gasteiger partial charge in [0.15, 0.2) is 0 Å². The summed E-state index contributed by atoms with van der Waals surface area (Å²) < 4.78 is 0. The Morgan fingerprint density at radius 3 is 3.06 bits per heavy atom. The SMILES string of the molecule is CCNC1CCN(C(C)c2ncc(CC)s2)C1. The average molecular weight is 253 g/mol. The average Bonchev–Trinajstić information content (AvgIpc) is 2.97. The normalized spacial score (nSPS) is 23.1. The lowest BCUT2D eigenvalue weighted by molar-refractivity contribution is 0.255. The third-order valence-corrected chi connectivity index (χ3v) is 4.85. The number of hydrogen-bond acceptors (Lipinski definition) is 4. The van der Waals surface area contributed by atoms with E-state index in [-0.39, 0.29) is 0 Å². The Hall–Kier alpha value is -0.450. The molecule has 1 aliphatic rings. The van der Waals surface area contributed by atoms with Crippen LogP contribution < -0.4 is 5.32 Å². The number of hydrogen-bond donors (Lipinski definition) is 1. The van der Waals surface area contributed by atoms with Gasteiger partial charge in [0.1, 0.15) is 5.01 Å². The molecule has 2 rings (SSSR count). The minimum absolute atomic E-state index is 0.476. The van der Waals surface area contributed by atoms with Crippen molar-refractivity contribution in [3.8, 4) is 0 Å². The highest BCUT2D eigenvalue weighted by Crippen LogP contribution is 2.28. The first-order valence-electron chi connectivity index (χ1n) is 6.66. The van der Waals surface area contributed by atoms with Crippen LogP contribution in [0.3, 0.4) is 0 Å². The molecule has 2 heterocycles. The standard InChI is InChI=1S/C13H23N3S/c1-4-12-8-15-13(17-12)10(3)16-7-6-11(9-16)14-5-2/h8,10-11,14H,4-7,9H2,1-3H3. The molecule has 2 atom stereocenters. The van der Waals surface area contributed by atoms with Crippen LogP contribution in [0.2, 0.25) is 0 Å². The van der Waals surface area contributed by atoms with Gasteiger partial charge in [-0.05, 0) is 26.3 Å². The highest BCUT2D eigenvalue weighted by molar-refractivity contribution is 7.11. The van der Waals surface area contributed by atoms with Crippen molar-refractivity contribution in [3.63, 3.8) is 0 Å². The van der Waals surface area contributed by atoms with Gasteiger partial charge in [0, 0.05) is 30.2 Å². The van der Waals surface area contributed by atoms with Crippen LogP contribution in [0.1, 0.15) is 43.1 Å². The van der Waals surface area contributed by atoms with Crippen LogP contribution in [0, 0.1) is 0 Å². The van der Waals surface area contributed by atoms with Gasteiger partial charge in [0.2, 0.25) is 0 Å². The number of rotatable bonds is 5. The lowest BCUT2D eigenvalue weighted by Gasteiger charge is -2.22. The Balaban J connectivity index is 1.94. The number of nitrogens with one attached hydrogen (secondary N) is 1. The molecule has 1 saturated heterocycles. The topological polar surface area (TPSA) is 28.2 Å². The first-order chi connectivity index (χ1) is 8.24. The first-order valence-corrected chi connectivity index (χ1v) is 7.48. The van der Waals surface area contributed by atoms with Gasteiger partial charge in [-0.3, -0.25) is 4.90 Å². The molecule has 2 unspecified atom stereocenters. The highest BCUT2D eigenvalue weighted by atomic mass is 32.1. The van der Waals surface area contributed by atoms with Gasteiger partial charge in [-0.2, -0.15) is 0 Å². The first kappa shape index (κ1) is 13.0. The maximum Gasteiger partial charge on any atom is 0.110 e. The molecule has 1 aromatic rings. The molecular weight excluding hydrogens is 230 g/mol. The summed E-state index contributed by atoms with van der Waals surface area (Å²) in [5.41, 5.74) is 0. The van der Waals surface area contributed by atoms with Crippen molar-refractivity contribution >= 4 is 11.3 Å². The van der Waals surface area contributed by atoms with E-state index in [0.29, 0.717) is 12.1 Å². The van der Waals surface area contributed by atoms with Crippen molar-refractivity contribution in [2.45, 2.75) is 45.7 Å². The summed E-state index contributed by atoms with van der Waals surface area (Å²) in [5.74, 6) is 0. The number of likely N-dealkylation sites (tertiary alicyclic amines) is 1. The van der Waals surface area contributed by atoms with Crippen molar-refractivity contribution < 1.29 is 0 Å². The molecule has 0 bridgehead atoms. The van der Waals surface area contributed by atoms with Crippen LogP contribution in [0.15, 0.2) is 6.20 Å². The Morgan fingerprint density at radius 2 is 2.41 bits per heavy atom. The molecule has 96 valence electrons. The molecule has 1 N–H and O–H groups in total. The van der Waals surface area contributed by atoms with Crippen molar-refractivity contribution in [1.82, 2.24) is 15.2 Å². The molecule has 3 nitrogen and oxygen atoms in total. The Bertz CT molecular complexity index is 350. The van der Waals surface area contributed by atoms with Crippen LogP contribution in [0.4, 0.5) is 0 Å². The predicted octanol–water partition coefficient (Wildman–Crippen LogP) is 2.45. The van der Waals surface area contributed by atoms with E-state index in [1.54, 1.807) is 0 Å². The summed E-state index contributed by atoms with van der Waals surface area (Å²) in [7, 11) is 0. The summed E-state index contributed by atoms with van der Waals surface area (Å²) in [6.45, 7) is 10.1. The molecule has 1 aliphatic heterocycles. The molecule has 0 aromatic carbocycles. The van der Waals surface area contributed by atoms with E-state index in [1.807, 2.05) is 17.5 Å². The monoisotopic (exact) mass is 253 g/mol. The number of aryl methyl sites for hydroxylation is 1. The summed E-state index contributed by atoms with van der Waals surface area (Å²) in [4.78, 5) is 8.50. The Kier molecular flexibility index (Phi) is 4.54. The van der Waals surface area contributed by atoms with Crippen LogP contribution >= 0.6 is 11.3 Å². The third-order valence-electron chi connectivity index (χ3n) is 3.54. The number of nitrogens with zero attached hydrogens (tertiary/aromatic N) is 2. The maximum absolute atomic E-state index is 4.56. The van der Waals surface area contributed by atoms with Gasteiger partial charge >= 0.3 is 0 Å². The van der Waals surface area contributed by atoms with Crippen molar-refractivity contribution in [2.75, 3.05) is 19.6 Å². The Morgan fingerprint density at radius 1 is 1.59 bits per heavy atom. The summed E-state index contributed by atoms with van der Waals surface area (Å²) in [5, 5.41) is 4.82. The van der Waals surface area contributed by atoms with Crippen molar-refractivity contribution in [3.05, 3.63) is 16.1 Å². The molecule has 17 heavy (non-hydrogen) atoms. The summed E-state index contributed by atoms with van der Waals surface area (Å²) >= 11 is 1.87. The van der Waals surface area contributed by atoms with Gasteiger partial charge in [-0.15, -0.1) is 11.3 Å². The molecular formula is C13H23N3S. The van der Waals surface area contributed by atoms with E-state index in [9.17, 15) is 0 Å². The quantitative estimate of drug-likeness (QED) is 0.873. The van der Waals surface area contributed by atoms with E-state index in [4.69, 9.17) is 0 Å². The molecule has 0 spiro atoms. The summed E-state index contributed by atoms with van der Waals surface area (Å²) in [6, 6.07) is 1.15. The minimum Gasteiger partial charge on any atom is -0.313 e. The van der Waals surface area contributed by atoms with Gasteiger partial charge in [0.25, 0.3) is 0 Å². The molecule has 1 aromatic heterocycles. The molecule has 4 heteroatoms. The molecule has 0 aliphatic carbocycles. The second kappa shape index (κ2) is 5.94. The van der Waals surface area contributed by atoms with E-state index >= 15 is 0 Å². The fourth-order valence-electron chi connectivity index (χ4n) is 2.43. The van der Waals surface area contributed by atoms with Crippen molar-refractivity contribution in [1.29, 1.82) is 0 Å². The van der Waals surface area contributed by atoms with Crippen LogP contribution in [0.25, 0.3) is 0 Å². The molecule has 0 saturated carbocycles. The second-order valence-electron chi connectivity index (χ2n) is 4.73. The minimum atomic E-state index is 0.476. The zero-order valence-corrected chi connectivity index (χ0v) is 11.9. The number of aromatic nitrogens is 1. The molecule has 0 radical (unpaired) electrons. The maximum atomic E-state index is 4.56. The van der Waals surface area contributed by atoms with Crippen LogP contribution in [0.5, 0.6) is 0 Å². The van der Waals surface area contributed by atoms with Gasteiger partial charge < -0.3 is 5.32 Å². The largest absolute Gasteiger partial charge is 0.313 e. The smallest absolute Gasteiger partial charge is 0.110 e. The number of likely N-dealkylation sites (N-methyl/N-ethyl adjacent to an activating group) is 1. The van der Waals surface area contributed by atoms with Crippen LogP contribution in [-0.2, 0) is 6.42 Å². The van der Waals surface area contributed by atoms with E-state index in [1.165, 1.54) is 22.9 Å². The Labute approximate surface area is 108 Å². The van der Waals surface area contributed by atoms with Crippen molar-refractivity contribution in [2.24, 2.45) is 0 Å². The van der Waals surface area contributed by atoms with E-state index in [0.717, 1.165) is 19.5 Å². The fourth-order valence-corrected chi connectivity index (χ4v) is 3.37. The predicted molar refractivity (Wildman–Crippen MR) is 73.6 cm³/mol. The zero-order chi connectivity index (χ0) is 12.3. The van der Waals surface area contributed by atoms with Crippen LogP contribution in [-0.4, -0.2) is 35.6 Å². The zero-order valence-electron chi connectivity index (χ0n) is 11.1. The second-order valence-corrected chi connectivity index (χ2v) is 5.88. The lowest BCUT2D eigenvalue weighted by Crippen LogP contribution is -2.33. The third kappa shape index (κ3) is 3.06. The molecule has 0 amide bonds. The fraction of sp³-hybridized carbons (Fsp3) is 0.769. The van der Waals surface area contributed by atoms with Gasteiger partial charge in [-0.25, -0.2) is 4.98 Å².